The summed E-state index contributed by atoms with van der Waals surface area (Å²) >= 11 is 0. The molecule has 0 saturated carbocycles. The number of benzene rings is 1. The van der Waals surface area contributed by atoms with E-state index in [9.17, 15) is 14.4 Å². The molecule has 0 radical (unpaired) electrons. The first-order valence-electron chi connectivity index (χ1n) is 8.31. The maximum atomic E-state index is 12.1. The summed E-state index contributed by atoms with van der Waals surface area (Å²) in [6.07, 6.45) is 1.24. The van der Waals surface area contributed by atoms with Gasteiger partial charge in [-0.1, -0.05) is 12.1 Å². The zero-order chi connectivity index (χ0) is 19.8. The van der Waals surface area contributed by atoms with Crippen LogP contribution in [0.25, 0.3) is 0 Å². The van der Waals surface area contributed by atoms with Crippen LogP contribution in [-0.4, -0.2) is 41.0 Å². The van der Waals surface area contributed by atoms with Gasteiger partial charge in [0, 0.05) is 13.1 Å². The number of ether oxygens (including phenoxy) is 2. The molecule has 0 bridgehead atoms. The van der Waals surface area contributed by atoms with Gasteiger partial charge < -0.3 is 20.1 Å². The van der Waals surface area contributed by atoms with Gasteiger partial charge in [0.2, 0.25) is 11.9 Å². The third-order valence-corrected chi connectivity index (χ3v) is 3.25. The molecular weight excluding hydrogens is 352 g/mol. The van der Waals surface area contributed by atoms with Crippen molar-refractivity contribution in [3.8, 4) is 0 Å². The molecule has 0 unspecified atom stereocenters. The fourth-order valence-corrected chi connectivity index (χ4v) is 2.16. The van der Waals surface area contributed by atoms with Gasteiger partial charge in [0.15, 0.2) is 5.82 Å². The lowest BCUT2D eigenvalue weighted by molar-refractivity contribution is -0.114. The van der Waals surface area contributed by atoms with Crippen LogP contribution in [0.4, 0.5) is 17.5 Å². The predicted octanol–water partition coefficient (Wildman–Crippen LogP) is 2.53. The molecule has 0 aliphatic rings. The van der Waals surface area contributed by atoms with Gasteiger partial charge in [0.05, 0.1) is 24.5 Å². The maximum absolute atomic E-state index is 12.1. The van der Waals surface area contributed by atoms with Crippen molar-refractivity contribution in [3.05, 3.63) is 41.6 Å². The molecule has 2 aromatic rings. The quantitative estimate of drug-likeness (QED) is 0.712. The standard InChI is InChI=1S/C18H20N4O5/c1-4-26-16(24)12-8-6-7-9-14(12)21-18-19-10-13(17(25)27-5-2)15(22-18)20-11(3)23/h6-10H,4-5H2,1-3H3,(H2,19,20,21,22,23). The van der Waals surface area contributed by atoms with Crippen LogP contribution in [0.1, 0.15) is 41.5 Å². The lowest BCUT2D eigenvalue weighted by Crippen LogP contribution is -2.16. The summed E-state index contributed by atoms with van der Waals surface area (Å²) in [7, 11) is 0. The number of nitrogens with zero attached hydrogens (tertiary/aromatic N) is 2. The molecule has 2 N–H and O–H groups in total. The second kappa shape index (κ2) is 9.27. The fraction of sp³-hybridized carbons (Fsp3) is 0.278. The molecule has 0 fully saturated rings. The Hall–Kier alpha value is -3.49. The molecule has 27 heavy (non-hydrogen) atoms. The second-order valence-electron chi connectivity index (χ2n) is 5.25. The lowest BCUT2D eigenvalue weighted by atomic mass is 10.2. The van der Waals surface area contributed by atoms with Crippen LogP contribution in [0.3, 0.4) is 0 Å². The van der Waals surface area contributed by atoms with E-state index in [0.717, 1.165) is 0 Å². The van der Waals surface area contributed by atoms with E-state index >= 15 is 0 Å². The summed E-state index contributed by atoms with van der Waals surface area (Å²) in [5, 5.41) is 5.37. The summed E-state index contributed by atoms with van der Waals surface area (Å²) < 4.78 is 9.96. The summed E-state index contributed by atoms with van der Waals surface area (Å²) in [4.78, 5) is 43.7. The number of rotatable bonds is 7. The molecule has 1 aromatic carbocycles. The van der Waals surface area contributed by atoms with Crippen molar-refractivity contribution in [1.82, 2.24) is 9.97 Å². The predicted molar refractivity (Wildman–Crippen MR) is 98.0 cm³/mol. The first-order valence-corrected chi connectivity index (χ1v) is 8.31. The Kier molecular flexibility index (Phi) is 6.81. The molecule has 1 amide bonds. The van der Waals surface area contributed by atoms with Crippen molar-refractivity contribution < 1.29 is 23.9 Å². The van der Waals surface area contributed by atoms with E-state index in [1.54, 1.807) is 38.1 Å². The van der Waals surface area contributed by atoms with E-state index in [0.29, 0.717) is 11.3 Å². The number of carbonyl (C=O) groups is 3. The van der Waals surface area contributed by atoms with E-state index in [4.69, 9.17) is 9.47 Å². The van der Waals surface area contributed by atoms with Crippen LogP contribution in [-0.2, 0) is 14.3 Å². The minimum absolute atomic E-state index is 0.00654. The molecule has 0 saturated heterocycles. The van der Waals surface area contributed by atoms with Crippen molar-refractivity contribution in [3.63, 3.8) is 0 Å². The Balaban J connectivity index is 2.36. The number of hydrogen-bond donors (Lipinski definition) is 2. The van der Waals surface area contributed by atoms with Gasteiger partial charge in [-0.3, -0.25) is 4.79 Å². The Morgan fingerprint density at radius 1 is 1.00 bits per heavy atom. The number of hydrogen-bond acceptors (Lipinski definition) is 8. The molecule has 9 heteroatoms. The Labute approximate surface area is 156 Å². The normalized spacial score (nSPS) is 10.0. The molecular formula is C18H20N4O5. The first-order chi connectivity index (χ1) is 13.0. The third-order valence-electron chi connectivity index (χ3n) is 3.25. The lowest BCUT2D eigenvalue weighted by Gasteiger charge is -2.12. The summed E-state index contributed by atoms with van der Waals surface area (Å²) in [6, 6.07) is 6.69. The van der Waals surface area contributed by atoms with Crippen LogP contribution in [0, 0.1) is 0 Å². The Morgan fingerprint density at radius 2 is 1.63 bits per heavy atom. The maximum Gasteiger partial charge on any atom is 0.343 e. The van der Waals surface area contributed by atoms with E-state index in [1.165, 1.54) is 13.1 Å². The van der Waals surface area contributed by atoms with E-state index in [1.807, 2.05) is 0 Å². The smallest absolute Gasteiger partial charge is 0.343 e. The van der Waals surface area contributed by atoms with Crippen molar-refractivity contribution in [2.24, 2.45) is 0 Å². The number of aromatic nitrogens is 2. The van der Waals surface area contributed by atoms with E-state index in [-0.39, 0.29) is 30.5 Å². The highest BCUT2D eigenvalue weighted by Gasteiger charge is 2.18. The van der Waals surface area contributed by atoms with E-state index in [2.05, 4.69) is 20.6 Å². The number of para-hydroxylation sites is 1. The van der Waals surface area contributed by atoms with Crippen LogP contribution in [0.15, 0.2) is 30.5 Å². The molecule has 0 aliphatic carbocycles. The number of nitrogens with one attached hydrogen (secondary N) is 2. The topological polar surface area (TPSA) is 120 Å². The van der Waals surface area contributed by atoms with Crippen molar-refractivity contribution >= 4 is 35.3 Å². The fourth-order valence-electron chi connectivity index (χ4n) is 2.16. The average Bonchev–Trinajstić information content (AvgIpc) is 2.62. The summed E-state index contributed by atoms with van der Waals surface area (Å²) in [6.45, 7) is 5.08. The highest BCUT2D eigenvalue weighted by Crippen LogP contribution is 2.22. The average molecular weight is 372 g/mol. The SMILES string of the molecule is CCOC(=O)c1ccccc1Nc1ncc(C(=O)OCC)c(NC(C)=O)n1. The van der Waals surface area contributed by atoms with E-state index < -0.39 is 17.8 Å². The van der Waals surface area contributed by atoms with Crippen LogP contribution >= 0.6 is 0 Å². The van der Waals surface area contributed by atoms with Gasteiger partial charge in [0.1, 0.15) is 5.56 Å². The molecule has 142 valence electrons. The third kappa shape index (κ3) is 5.24. The monoisotopic (exact) mass is 372 g/mol. The molecule has 0 spiro atoms. The molecule has 9 nitrogen and oxygen atoms in total. The number of amides is 1. The van der Waals surface area contributed by atoms with Gasteiger partial charge in [-0.15, -0.1) is 0 Å². The number of anilines is 3. The highest BCUT2D eigenvalue weighted by atomic mass is 16.5. The van der Waals surface area contributed by atoms with Crippen LogP contribution < -0.4 is 10.6 Å². The molecule has 2 rings (SSSR count). The van der Waals surface area contributed by atoms with Crippen molar-refractivity contribution in [2.75, 3.05) is 23.8 Å². The Morgan fingerprint density at radius 3 is 2.26 bits per heavy atom. The largest absolute Gasteiger partial charge is 0.462 e. The minimum Gasteiger partial charge on any atom is -0.462 e. The van der Waals surface area contributed by atoms with Gasteiger partial charge in [-0.05, 0) is 26.0 Å². The van der Waals surface area contributed by atoms with Crippen molar-refractivity contribution in [2.45, 2.75) is 20.8 Å². The summed E-state index contributed by atoms with van der Waals surface area (Å²) in [5.74, 6) is -1.46. The Bertz CT molecular complexity index is 853. The minimum atomic E-state index is -0.653. The zero-order valence-corrected chi connectivity index (χ0v) is 15.2. The second-order valence-corrected chi connectivity index (χ2v) is 5.25. The number of esters is 2. The molecule has 0 atom stereocenters. The van der Waals surface area contributed by atoms with Gasteiger partial charge in [0.25, 0.3) is 0 Å². The molecule has 1 aromatic heterocycles. The van der Waals surface area contributed by atoms with Crippen LogP contribution in [0.5, 0.6) is 0 Å². The van der Waals surface area contributed by atoms with Gasteiger partial charge in [-0.25, -0.2) is 14.6 Å². The molecule has 0 aliphatic heterocycles. The number of carbonyl (C=O) groups excluding carboxylic acids is 3. The van der Waals surface area contributed by atoms with Gasteiger partial charge >= 0.3 is 11.9 Å². The zero-order valence-electron chi connectivity index (χ0n) is 15.2. The highest BCUT2D eigenvalue weighted by molar-refractivity contribution is 6.00. The first kappa shape index (κ1) is 19.8. The van der Waals surface area contributed by atoms with Crippen LogP contribution in [0.2, 0.25) is 0 Å². The summed E-state index contributed by atoms with van der Waals surface area (Å²) in [5.41, 5.74) is 0.753. The van der Waals surface area contributed by atoms with Gasteiger partial charge in [-0.2, -0.15) is 4.98 Å². The molecule has 1 heterocycles. The van der Waals surface area contributed by atoms with Crippen molar-refractivity contribution in [1.29, 1.82) is 0 Å².